The van der Waals surface area contributed by atoms with Crippen molar-refractivity contribution in [3.63, 3.8) is 0 Å². The van der Waals surface area contributed by atoms with Gasteiger partial charge in [-0.1, -0.05) is 37.8 Å². The van der Waals surface area contributed by atoms with E-state index in [1.165, 1.54) is 18.4 Å². The Morgan fingerprint density at radius 3 is 2.47 bits per heavy atom. The summed E-state index contributed by atoms with van der Waals surface area (Å²) in [5, 5.41) is 0. The Balaban J connectivity index is 2.11. The van der Waals surface area contributed by atoms with Crippen molar-refractivity contribution in [1.29, 1.82) is 0 Å². The highest BCUT2D eigenvalue weighted by molar-refractivity contribution is 6.77. The first-order chi connectivity index (χ1) is 9.02. The molecular formula is C16H26O2Si. The molecule has 1 fully saturated rings. The Bertz CT molecular complexity index is 407. The highest BCUT2D eigenvalue weighted by Crippen LogP contribution is 2.35. The zero-order valence-electron chi connectivity index (χ0n) is 12.6. The summed E-state index contributed by atoms with van der Waals surface area (Å²) in [7, 11) is 0.423. The molecule has 0 aromatic heterocycles. The standard InChI is InChI=1S/C16H26O2Si/c1-17-15-8-6-5-7-14(15)16(19(2,3)4)12-18-11-13-9-10-13/h5-8,13,16H,9-12H2,1-4H3. The molecular weight excluding hydrogens is 252 g/mol. The van der Waals surface area contributed by atoms with Crippen molar-refractivity contribution in [1.82, 2.24) is 0 Å². The molecule has 1 unspecified atom stereocenters. The lowest BCUT2D eigenvalue weighted by Gasteiger charge is -2.30. The average molecular weight is 278 g/mol. The van der Waals surface area contributed by atoms with E-state index in [-0.39, 0.29) is 0 Å². The first-order valence-electron chi connectivity index (χ1n) is 7.23. The van der Waals surface area contributed by atoms with E-state index in [1.807, 2.05) is 6.07 Å². The average Bonchev–Trinajstić information content (AvgIpc) is 3.17. The third-order valence-electron chi connectivity index (χ3n) is 3.89. The van der Waals surface area contributed by atoms with E-state index in [0.29, 0.717) is 5.54 Å². The van der Waals surface area contributed by atoms with E-state index < -0.39 is 8.07 Å². The number of hydrogen-bond donors (Lipinski definition) is 0. The van der Waals surface area contributed by atoms with Gasteiger partial charge in [0.1, 0.15) is 5.75 Å². The molecule has 2 nitrogen and oxygen atoms in total. The number of ether oxygens (including phenoxy) is 2. The maximum absolute atomic E-state index is 5.98. The van der Waals surface area contributed by atoms with Crippen LogP contribution in [0.25, 0.3) is 0 Å². The van der Waals surface area contributed by atoms with E-state index >= 15 is 0 Å². The van der Waals surface area contributed by atoms with E-state index in [4.69, 9.17) is 9.47 Å². The predicted octanol–water partition coefficient (Wildman–Crippen LogP) is 4.08. The molecule has 19 heavy (non-hydrogen) atoms. The normalized spacial score (nSPS) is 17.3. The van der Waals surface area contributed by atoms with Crippen LogP contribution in [-0.4, -0.2) is 28.4 Å². The van der Waals surface area contributed by atoms with Crippen LogP contribution in [0.3, 0.4) is 0 Å². The number of methoxy groups -OCH3 is 1. The van der Waals surface area contributed by atoms with Crippen molar-refractivity contribution >= 4 is 8.07 Å². The fourth-order valence-electron chi connectivity index (χ4n) is 2.40. The first-order valence-corrected chi connectivity index (χ1v) is 10.8. The van der Waals surface area contributed by atoms with Crippen molar-refractivity contribution in [3.8, 4) is 5.75 Å². The van der Waals surface area contributed by atoms with Crippen molar-refractivity contribution < 1.29 is 9.47 Å². The van der Waals surface area contributed by atoms with Gasteiger partial charge in [0.05, 0.1) is 21.8 Å². The first kappa shape index (κ1) is 14.6. The molecule has 0 radical (unpaired) electrons. The summed E-state index contributed by atoms with van der Waals surface area (Å²) in [4.78, 5) is 0. The maximum Gasteiger partial charge on any atom is 0.122 e. The molecule has 1 aliphatic rings. The third kappa shape index (κ3) is 4.08. The Labute approximate surface area is 118 Å². The number of benzene rings is 1. The molecule has 0 aliphatic heterocycles. The number of rotatable bonds is 7. The van der Waals surface area contributed by atoms with Crippen molar-refractivity contribution in [2.45, 2.75) is 38.0 Å². The second kappa shape index (κ2) is 6.10. The molecule has 1 atom stereocenters. The van der Waals surface area contributed by atoms with Crippen LogP contribution in [0.15, 0.2) is 24.3 Å². The van der Waals surface area contributed by atoms with Crippen molar-refractivity contribution in [2.75, 3.05) is 20.3 Å². The summed E-state index contributed by atoms with van der Waals surface area (Å²) < 4.78 is 11.5. The monoisotopic (exact) mass is 278 g/mol. The minimum absolute atomic E-state index is 0.502. The Hall–Kier alpha value is -0.803. The molecule has 0 amide bonds. The summed E-state index contributed by atoms with van der Waals surface area (Å²) in [6.07, 6.45) is 2.71. The minimum atomic E-state index is -1.33. The second-order valence-corrected chi connectivity index (χ2v) is 12.1. The molecule has 3 heteroatoms. The molecule has 0 bridgehead atoms. The second-order valence-electron chi connectivity index (χ2n) is 6.64. The Morgan fingerprint density at radius 1 is 1.21 bits per heavy atom. The van der Waals surface area contributed by atoms with E-state index in [2.05, 4.69) is 37.8 Å². The van der Waals surface area contributed by atoms with Crippen LogP contribution in [-0.2, 0) is 4.74 Å². The lowest BCUT2D eigenvalue weighted by atomic mass is 10.1. The highest BCUT2D eigenvalue weighted by Gasteiger charge is 2.31. The van der Waals surface area contributed by atoms with Crippen LogP contribution >= 0.6 is 0 Å². The molecule has 1 aromatic rings. The van der Waals surface area contributed by atoms with Gasteiger partial charge in [0.25, 0.3) is 0 Å². The van der Waals surface area contributed by atoms with E-state index in [9.17, 15) is 0 Å². The molecule has 1 saturated carbocycles. The lowest BCUT2D eigenvalue weighted by molar-refractivity contribution is 0.122. The summed E-state index contributed by atoms with van der Waals surface area (Å²) >= 11 is 0. The summed E-state index contributed by atoms with van der Waals surface area (Å²) in [5.74, 6) is 1.84. The van der Waals surface area contributed by atoms with Crippen LogP contribution in [0.2, 0.25) is 19.6 Å². The molecule has 1 aliphatic carbocycles. The molecule has 0 N–H and O–H groups in total. The van der Waals surface area contributed by atoms with Crippen LogP contribution in [0.1, 0.15) is 23.9 Å². The maximum atomic E-state index is 5.98. The molecule has 106 valence electrons. The summed E-state index contributed by atoms with van der Waals surface area (Å²) in [6.45, 7) is 9.00. The fraction of sp³-hybridized carbons (Fsp3) is 0.625. The van der Waals surface area contributed by atoms with Crippen LogP contribution in [0.4, 0.5) is 0 Å². The smallest absolute Gasteiger partial charge is 0.122 e. The minimum Gasteiger partial charge on any atom is -0.496 e. The van der Waals surface area contributed by atoms with Crippen LogP contribution in [0, 0.1) is 5.92 Å². The quantitative estimate of drug-likeness (QED) is 0.700. The zero-order chi connectivity index (χ0) is 13.9. The van der Waals surface area contributed by atoms with Gasteiger partial charge in [-0.25, -0.2) is 0 Å². The van der Waals surface area contributed by atoms with Crippen molar-refractivity contribution in [2.24, 2.45) is 5.92 Å². The van der Waals surface area contributed by atoms with Crippen molar-refractivity contribution in [3.05, 3.63) is 29.8 Å². The molecule has 1 aromatic carbocycles. The van der Waals surface area contributed by atoms with Gasteiger partial charge in [-0.15, -0.1) is 0 Å². The van der Waals surface area contributed by atoms with Gasteiger partial charge in [-0.2, -0.15) is 0 Å². The van der Waals surface area contributed by atoms with Crippen LogP contribution < -0.4 is 4.74 Å². The zero-order valence-corrected chi connectivity index (χ0v) is 13.6. The molecule has 2 rings (SSSR count). The Kier molecular flexibility index (Phi) is 4.69. The summed E-state index contributed by atoms with van der Waals surface area (Å²) in [5.41, 5.74) is 1.82. The van der Waals surface area contributed by atoms with E-state index in [1.54, 1.807) is 7.11 Å². The number of hydrogen-bond acceptors (Lipinski definition) is 2. The molecule has 0 spiro atoms. The summed E-state index contributed by atoms with van der Waals surface area (Å²) in [6, 6.07) is 8.39. The lowest BCUT2D eigenvalue weighted by Crippen LogP contribution is -2.34. The molecule has 0 saturated heterocycles. The van der Waals surface area contributed by atoms with E-state index in [0.717, 1.165) is 24.9 Å². The van der Waals surface area contributed by atoms with Gasteiger partial charge in [-0.05, 0) is 30.4 Å². The highest BCUT2D eigenvalue weighted by atomic mass is 28.3. The van der Waals surface area contributed by atoms with Gasteiger partial charge in [-0.3, -0.25) is 0 Å². The van der Waals surface area contributed by atoms with Crippen LogP contribution in [0.5, 0.6) is 5.75 Å². The third-order valence-corrected chi connectivity index (χ3v) is 6.46. The topological polar surface area (TPSA) is 18.5 Å². The largest absolute Gasteiger partial charge is 0.496 e. The van der Waals surface area contributed by atoms with Gasteiger partial charge in [0, 0.05) is 12.1 Å². The Morgan fingerprint density at radius 2 is 1.89 bits per heavy atom. The molecule has 0 heterocycles. The fourth-order valence-corrected chi connectivity index (χ4v) is 4.19. The number of para-hydroxylation sites is 1. The predicted molar refractivity (Wildman–Crippen MR) is 82.6 cm³/mol. The van der Waals surface area contributed by atoms with Gasteiger partial charge in [0.15, 0.2) is 0 Å². The van der Waals surface area contributed by atoms with Gasteiger partial charge in [0.2, 0.25) is 0 Å². The van der Waals surface area contributed by atoms with Gasteiger partial charge >= 0.3 is 0 Å². The SMILES string of the molecule is COc1ccccc1C(COCC1CC1)[Si](C)(C)C. The van der Waals surface area contributed by atoms with Gasteiger partial charge < -0.3 is 9.47 Å².